The Hall–Kier alpha value is -0.120. The van der Waals surface area contributed by atoms with E-state index in [9.17, 15) is 0 Å². The fourth-order valence-corrected chi connectivity index (χ4v) is 3.69. The number of hydrogen-bond donors (Lipinski definition) is 1. The smallest absolute Gasteiger partial charge is 0.0656 e. The summed E-state index contributed by atoms with van der Waals surface area (Å²) in [4.78, 5) is 2.62. The molecular formula is C18H36N2O. The van der Waals surface area contributed by atoms with E-state index in [2.05, 4.69) is 44.8 Å². The standard InChI is InChI=1S/C18H36N2O/c1-14(2)13-21-17-11-16(18(17,4)5)19-15(3)12-20-9-7-6-8-10-20/h14-17,19H,6-13H2,1-5H3. The van der Waals surface area contributed by atoms with Crippen molar-refractivity contribution in [2.45, 2.75) is 78.5 Å². The van der Waals surface area contributed by atoms with Crippen LogP contribution in [-0.4, -0.2) is 49.3 Å². The molecule has 0 aromatic heterocycles. The average molecular weight is 296 g/mol. The van der Waals surface area contributed by atoms with E-state index in [1.807, 2.05) is 0 Å². The van der Waals surface area contributed by atoms with Gasteiger partial charge in [-0.1, -0.05) is 34.1 Å². The normalized spacial score (nSPS) is 31.1. The molecule has 124 valence electrons. The van der Waals surface area contributed by atoms with Gasteiger partial charge in [-0.2, -0.15) is 0 Å². The van der Waals surface area contributed by atoms with Gasteiger partial charge in [0.1, 0.15) is 0 Å². The van der Waals surface area contributed by atoms with E-state index in [4.69, 9.17) is 4.74 Å². The molecule has 0 spiro atoms. The van der Waals surface area contributed by atoms with Crippen LogP contribution in [0.5, 0.6) is 0 Å². The number of hydrogen-bond acceptors (Lipinski definition) is 3. The first kappa shape index (κ1) is 17.2. The van der Waals surface area contributed by atoms with Crippen LogP contribution in [-0.2, 0) is 4.74 Å². The molecule has 0 aromatic carbocycles. The summed E-state index contributed by atoms with van der Waals surface area (Å²) in [6, 6.07) is 1.19. The van der Waals surface area contributed by atoms with Crippen molar-refractivity contribution in [1.82, 2.24) is 10.2 Å². The molecule has 1 saturated carbocycles. The first-order valence-corrected chi connectivity index (χ1v) is 8.99. The van der Waals surface area contributed by atoms with Gasteiger partial charge in [0.15, 0.2) is 0 Å². The third-order valence-electron chi connectivity index (χ3n) is 5.27. The summed E-state index contributed by atoms with van der Waals surface area (Å²) in [7, 11) is 0. The van der Waals surface area contributed by atoms with Crippen molar-refractivity contribution < 1.29 is 4.74 Å². The molecule has 0 radical (unpaired) electrons. The molecule has 2 aliphatic rings. The van der Waals surface area contributed by atoms with Crippen LogP contribution < -0.4 is 5.32 Å². The van der Waals surface area contributed by atoms with E-state index >= 15 is 0 Å². The Labute approximate surface area is 131 Å². The third kappa shape index (κ3) is 4.67. The molecule has 1 saturated heterocycles. The molecule has 1 aliphatic heterocycles. The fourth-order valence-electron chi connectivity index (χ4n) is 3.69. The molecule has 2 fully saturated rings. The van der Waals surface area contributed by atoms with Crippen LogP contribution in [0, 0.1) is 11.3 Å². The Morgan fingerprint density at radius 2 is 1.81 bits per heavy atom. The molecule has 2 rings (SSSR count). The number of piperidine rings is 1. The van der Waals surface area contributed by atoms with E-state index < -0.39 is 0 Å². The summed E-state index contributed by atoms with van der Waals surface area (Å²) in [5.74, 6) is 0.630. The topological polar surface area (TPSA) is 24.5 Å². The van der Waals surface area contributed by atoms with Gasteiger partial charge in [0.05, 0.1) is 6.10 Å². The van der Waals surface area contributed by atoms with Crippen LogP contribution in [0.15, 0.2) is 0 Å². The van der Waals surface area contributed by atoms with Crippen LogP contribution in [0.25, 0.3) is 0 Å². The van der Waals surface area contributed by atoms with Gasteiger partial charge in [-0.15, -0.1) is 0 Å². The average Bonchev–Trinajstić information content (AvgIpc) is 2.42. The Kier molecular flexibility index (Phi) is 6.10. The maximum Gasteiger partial charge on any atom is 0.0656 e. The lowest BCUT2D eigenvalue weighted by atomic mass is 9.64. The molecule has 1 N–H and O–H groups in total. The lowest BCUT2D eigenvalue weighted by molar-refractivity contribution is -0.126. The van der Waals surface area contributed by atoms with Crippen molar-refractivity contribution >= 4 is 0 Å². The van der Waals surface area contributed by atoms with Gasteiger partial charge in [0.2, 0.25) is 0 Å². The Balaban J connectivity index is 1.71. The number of nitrogens with one attached hydrogen (secondary N) is 1. The molecule has 3 unspecified atom stereocenters. The number of likely N-dealkylation sites (tertiary alicyclic amines) is 1. The quantitative estimate of drug-likeness (QED) is 0.780. The van der Waals surface area contributed by atoms with Crippen LogP contribution in [0.2, 0.25) is 0 Å². The molecule has 3 atom stereocenters. The summed E-state index contributed by atoms with van der Waals surface area (Å²) in [5, 5.41) is 3.85. The van der Waals surface area contributed by atoms with Gasteiger partial charge in [-0.05, 0) is 45.2 Å². The minimum Gasteiger partial charge on any atom is -0.377 e. The zero-order chi connectivity index (χ0) is 15.5. The van der Waals surface area contributed by atoms with Crippen LogP contribution in [0.3, 0.4) is 0 Å². The summed E-state index contributed by atoms with van der Waals surface area (Å²) in [6.07, 6.45) is 5.78. The van der Waals surface area contributed by atoms with Gasteiger partial charge in [0, 0.05) is 30.7 Å². The lowest BCUT2D eigenvalue weighted by Crippen LogP contribution is -2.63. The number of rotatable bonds is 7. The highest BCUT2D eigenvalue weighted by molar-refractivity contribution is 5.03. The Morgan fingerprint density at radius 3 is 2.38 bits per heavy atom. The lowest BCUT2D eigenvalue weighted by Gasteiger charge is -2.53. The first-order valence-electron chi connectivity index (χ1n) is 8.99. The van der Waals surface area contributed by atoms with Crippen molar-refractivity contribution in [3.05, 3.63) is 0 Å². The van der Waals surface area contributed by atoms with Gasteiger partial charge >= 0.3 is 0 Å². The maximum absolute atomic E-state index is 6.07. The molecule has 0 aromatic rings. The minimum absolute atomic E-state index is 0.269. The van der Waals surface area contributed by atoms with Gasteiger partial charge < -0.3 is 15.0 Å². The van der Waals surface area contributed by atoms with E-state index in [0.717, 1.165) is 6.61 Å². The molecule has 1 heterocycles. The molecule has 1 aliphatic carbocycles. The van der Waals surface area contributed by atoms with Gasteiger partial charge in [0.25, 0.3) is 0 Å². The molecule has 0 bridgehead atoms. The summed E-state index contributed by atoms with van der Waals surface area (Å²) in [6.45, 7) is 16.2. The van der Waals surface area contributed by atoms with Crippen LogP contribution in [0.1, 0.15) is 60.3 Å². The SMILES string of the molecule is CC(C)COC1CC(NC(C)CN2CCCCC2)C1(C)C. The van der Waals surface area contributed by atoms with Crippen molar-refractivity contribution in [2.75, 3.05) is 26.2 Å². The van der Waals surface area contributed by atoms with E-state index in [1.165, 1.54) is 45.3 Å². The molecule has 0 amide bonds. The van der Waals surface area contributed by atoms with E-state index in [0.29, 0.717) is 24.1 Å². The minimum atomic E-state index is 0.269. The van der Waals surface area contributed by atoms with Gasteiger partial charge in [-0.25, -0.2) is 0 Å². The van der Waals surface area contributed by atoms with Crippen molar-refractivity contribution in [1.29, 1.82) is 0 Å². The monoisotopic (exact) mass is 296 g/mol. The zero-order valence-corrected chi connectivity index (χ0v) is 14.8. The molecule has 3 heteroatoms. The summed E-state index contributed by atoms with van der Waals surface area (Å²) < 4.78 is 6.07. The summed E-state index contributed by atoms with van der Waals surface area (Å²) >= 11 is 0. The number of nitrogens with zero attached hydrogens (tertiary/aromatic N) is 1. The van der Waals surface area contributed by atoms with Crippen molar-refractivity contribution in [3.63, 3.8) is 0 Å². The predicted molar refractivity (Wildman–Crippen MR) is 89.7 cm³/mol. The highest BCUT2D eigenvalue weighted by Gasteiger charge is 2.49. The summed E-state index contributed by atoms with van der Waals surface area (Å²) in [5.41, 5.74) is 0.269. The van der Waals surface area contributed by atoms with E-state index in [-0.39, 0.29) is 5.41 Å². The second-order valence-corrected chi connectivity index (χ2v) is 8.25. The van der Waals surface area contributed by atoms with Crippen molar-refractivity contribution in [3.8, 4) is 0 Å². The van der Waals surface area contributed by atoms with Gasteiger partial charge in [-0.3, -0.25) is 0 Å². The largest absolute Gasteiger partial charge is 0.377 e. The van der Waals surface area contributed by atoms with Crippen molar-refractivity contribution in [2.24, 2.45) is 11.3 Å². The molecule has 3 nitrogen and oxygen atoms in total. The first-order chi connectivity index (χ1) is 9.89. The highest BCUT2D eigenvalue weighted by atomic mass is 16.5. The second-order valence-electron chi connectivity index (χ2n) is 8.25. The van der Waals surface area contributed by atoms with Crippen LogP contribution in [0.4, 0.5) is 0 Å². The Morgan fingerprint density at radius 1 is 1.14 bits per heavy atom. The van der Waals surface area contributed by atoms with Crippen LogP contribution >= 0.6 is 0 Å². The Bertz CT molecular complexity index is 310. The molecular weight excluding hydrogens is 260 g/mol. The maximum atomic E-state index is 6.07. The van der Waals surface area contributed by atoms with E-state index in [1.54, 1.807) is 0 Å². The zero-order valence-electron chi connectivity index (χ0n) is 14.8. The molecule has 21 heavy (non-hydrogen) atoms. The third-order valence-corrected chi connectivity index (χ3v) is 5.27. The number of ether oxygens (including phenoxy) is 1. The highest BCUT2D eigenvalue weighted by Crippen LogP contribution is 2.43. The predicted octanol–water partition coefficient (Wildman–Crippen LogP) is 3.29. The second kappa shape index (κ2) is 7.43. The fraction of sp³-hybridized carbons (Fsp3) is 1.00.